The summed E-state index contributed by atoms with van der Waals surface area (Å²) in [4.78, 5) is 45.7. The highest BCUT2D eigenvalue weighted by Crippen LogP contribution is 2.23. The van der Waals surface area contributed by atoms with E-state index in [0.29, 0.717) is 16.8 Å². The lowest BCUT2D eigenvalue weighted by molar-refractivity contribution is 0.0523. The lowest BCUT2D eigenvalue weighted by atomic mass is 10.1. The fraction of sp³-hybridized carbons (Fsp3) is 0.321. The van der Waals surface area contributed by atoms with Crippen LogP contribution in [0.4, 0.5) is 10.6 Å². The van der Waals surface area contributed by atoms with Crippen LogP contribution in [0.15, 0.2) is 59.6 Å². The Morgan fingerprint density at radius 3 is 2.17 bits per heavy atom. The minimum atomic E-state index is -3.43. The molecule has 40 heavy (non-hydrogen) atoms. The highest BCUT2D eigenvalue weighted by Gasteiger charge is 2.20. The normalized spacial score (nSPS) is 11.7. The van der Waals surface area contributed by atoms with Crippen LogP contribution in [0.2, 0.25) is 0 Å². The van der Waals surface area contributed by atoms with E-state index in [9.17, 15) is 22.8 Å². The highest BCUT2D eigenvalue weighted by atomic mass is 32.2. The van der Waals surface area contributed by atoms with E-state index >= 15 is 0 Å². The van der Waals surface area contributed by atoms with Gasteiger partial charge in [-0.05, 0) is 52.3 Å². The smallest absolute Gasteiger partial charge is 0.407 e. The van der Waals surface area contributed by atoms with Crippen molar-refractivity contribution in [3.8, 4) is 11.3 Å². The maximum Gasteiger partial charge on any atom is 0.407 e. The molecule has 3 aromatic rings. The summed E-state index contributed by atoms with van der Waals surface area (Å²) in [5.74, 6) is -1.14. The molecule has 0 saturated carbocycles. The van der Waals surface area contributed by atoms with Gasteiger partial charge in [-0.3, -0.25) is 9.59 Å². The number of nitrogens with two attached hydrogens (primary N) is 1. The molecule has 0 aliphatic heterocycles. The third kappa shape index (κ3) is 7.85. The average Bonchev–Trinajstić information content (AvgIpc) is 2.90. The van der Waals surface area contributed by atoms with Gasteiger partial charge in [0.25, 0.3) is 5.91 Å². The van der Waals surface area contributed by atoms with Crippen LogP contribution >= 0.6 is 0 Å². The number of ketones is 1. The summed E-state index contributed by atoms with van der Waals surface area (Å²) in [5.41, 5.74) is 7.09. The molecule has 1 heterocycles. The number of nitrogen functional groups attached to an aromatic ring is 1. The lowest BCUT2D eigenvalue weighted by Gasteiger charge is -2.19. The number of anilines is 1. The van der Waals surface area contributed by atoms with E-state index in [1.807, 2.05) is 0 Å². The van der Waals surface area contributed by atoms with Crippen molar-refractivity contribution in [2.24, 2.45) is 0 Å². The van der Waals surface area contributed by atoms with Crippen molar-refractivity contribution in [2.75, 3.05) is 12.3 Å². The Kier molecular flexibility index (Phi) is 9.25. The van der Waals surface area contributed by atoms with Gasteiger partial charge in [0.2, 0.25) is 0 Å². The second kappa shape index (κ2) is 12.2. The number of carbonyl (C=O) groups excluding carboxylic acids is 3. The van der Waals surface area contributed by atoms with Crippen LogP contribution in [0.1, 0.15) is 61.0 Å². The number of nitrogens with zero attached hydrogens (tertiary/aromatic N) is 2. The second-order valence-corrected chi connectivity index (χ2v) is 12.8. The van der Waals surface area contributed by atoms with Crippen molar-refractivity contribution in [3.63, 3.8) is 0 Å². The number of ether oxygens (including phenoxy) is 1. The van der Waals surface area contributed by atoms with Gasteiger partial charge >= 0.3 is 6.09 Å². The summed E-state index contributed by atoms with van der Waals surface area (Å²) in [7, 11) is -3.43. The number of aromatic nitrogens is 2. The third-order valence-corrected chi connectivity index (χ3v) is 7.81. The number of hydrogen-bond donors (Lipinski definition) is 3. The topological polar surface area (TPSA) is 170 Å². The Morgan fingerprint density at radius 1 is 0.975 bits per heavy atom. The van der Waals surface area contributed by atoms with Gasteiger partial charge in [-0.2, -0.15) is 0 Å². The van der Waals surface area contributed by atoms with Gasteiger partial charge in [-0.25, -0.2) is 23.2 Å². The summed E-state index contributed by atoms with van der Waals surface area (Å²) in [6.07, 6.45) is 0.834. The Hall–Kier alpha value is -4.32. The second-order valence-electron chi connectivity index (χ2n) is 10.3. The molecule has 2 amide bonds. The first kappa shape index (κ1) is 30.2. The fourth-order valence-electron chi connectivity index (χ4n) is 3.44. The third-order valence-electron chi connectivity index (χ3n) is 5.64. The monoisotopic (exact) mass is 567 g/mol. The predicted molar refractivity (Wildman–Crippen MR) is 150 cm³/mol. The zero-order valence-corrected chi connectivity index (χ0v) is 23.8. The molecule has 11 nitrogen and oxygen atoms in total. The molecular weight excluding hydrogens is 534 g/mol. The minimum absolute atomic E-state index is 0.116. The SMILES string of the molecule is CC(C)S(=O)(=O)c1ccc(-c2cnc(N)c(C(=O)NCC(=O)c3ccc(CNC(=O)OC(C)(C)C)cc3)n2)cc1. The molecule has 4 N–H and O–H groups in total. The summed E-state index contributed by atoms with van der Waals surface area (Å²) in [5, 5.41) is 4.59. The van der Waals surface area contributed by atoms with Gasteiger partial charge in [-0.1, -0.05) is 36.4 Å². The van der Waals surface area contributed by atoms with Crippen LogP contribution in [0.3, 0.4) is 0 Å². The number of hydrogen-bond acceptors (Lipinski definition) is 9. The molecule has 0 fully saturated rings. The number of benzene rings is 2. The Balaban J connectivity index is 1.62. The number of sulfone groups is 1. The van der Waals surface area contributed by atoms with Crippen LogP contribution < -0.4 is 16.4 Å². The van der Waals surface area contributed by atoms with Crippen molar-refractivity contribution in [1.82, 2.24) is 20.6 Å². The first-order valence-electron chi connectivity index (χ1n) is 12.5. The zero-order chi connectivity index (χ0) is 29.7. The summed E-state index contributed by atoms with van der Waals surface area (Å²) < 4.78 is 29.9. The van der Waals surface area contributed by atoms with Crippen LogP contribution in [0.25, 0.3) is 11.3 Å². The first-order chi connectivity index (χ1) is 18.7. The molecule has 0 spiro atoms. The Bertz CT molecular complexity index is 1500. The molecular formula is C28H33N5O6S. The van der Waals surface area contributed by atoms with E-state index in [-0.39, 0.29) is 35.3 Å². The number of carbonyl (C=O) groups is 3. The van der Waals surface area contributed by atoms with Crippen molar-refractivity contribution >= 4 is 33.4 Å². The molecule has 212 valence electrons. The standard InChI is InChI=1S/C28H33N5O6S/c1-17(2)40(37,38)21-12-10-19(11-13-21)22-15-30-25(29)24(33-22)26(35)31-16-23(34)20-8-6-18(7-9-20)14-32-27(36)39-28(3,4)5/h6-13,15,17H,14,16H2,1-5H3,(H2,29,30)(H,31,35)(H,32,36). The Morgan fingerprint density at radius 2 is 1.60 bits per heavy atom. The maximum absolute atomic E-state index is 12.8. The van der Waals surface area contributed by atoms with Crippen LogP contribution in [-0.2, 0) is 21.1 Å². The molecule has 0 atom stereocenters. The van der Waals surface area contributed by atoms with Crippen molar-refractivity contribution < 1.29 is 27.5 Å². The molecule has 1 aromatic heterocycles. The average molecular weight is 568 g/mol. The number of Topliss-reactive ketones (excluding diaryl/α,β-unsaturated/α-hetero) is 1. The molecule has 0 radical (unpaired) electrons. The van der Waals surface area contributed by atoms with E-state index < -0.39 is 32.7 Å². The maximum atomic E-state index is 12.8. The van der Waals surface area contributed by atoms with Crippen molar-refractivity contribution in [1.29, 1.82) is 0 Å². The fourth-order valence-corrected chi connectivity index (χ4v) is 4.50. The van der Waals surface area contributed by atoms with Gasteiger partial charge in [0, 0.05) is 17.7 Å². The molecule has 3 rings (SSSR count). The molecule has 12 heteroatoms. The van der Waals surface area contributed by atoms with E-state index in [4.69, 9.17) is 10.5 Å². The van der Waals surface area contributed by atoms with Crippen LogP contribution in [0.5, 0.6) is 0 Å². The molecule has 2 aromatic carbocycles. The summed E-state index contributed by atoms with van der Waals surface area (Å²) in [6, 6.07) is 12.7. The van der Waals surface area contributed by atoms with Gasteiger partial charge in [0.15, 0.2) is 27.1 Å². The first-order valence-corrected chi connectivity index (χ1v) is 14.1. The minimum Gasteiger partial charge on any atom is -0.444 e. The van der Waals surface area contributed by atoms with E-state index in [1.54, 1.807) is 71.0 Å². The molecule has 0 aliphatic rings. The highest BCUT2D eigenvalue weighted by molar-refractivity contribution is 7.92. The number of rotatable bonds is 9. The van der Waals surface area contributed by atoms with Gasteiger partial charge < -0.3 is 21.1 Å². The Labute approximate surface area is 233 Å². The summed E-state index contributed by atoms with van der Waals surface area (Å²) >= 11 is 0. The predicted octanol–water partition coefficient (Wildman–Crippen LogP) is 3.55. The van der Waals surface area contributed by atoms with Crippen LogP contribution in [0, 0.1) is 0 Å². The number of alkyl carbamates (subject to hydrolysis) is 1. The number of amides is 2. The molecule has 0 aliphatic carbocycles. The van der Waals surface area contributed by atoms with Crippen molar-refractivity contribution in [2.45, 2.75) is 56.9 Å². The van der Waals surface area contributed by atoms with Crippen molar-refractivity contribution in [3.05, 3.63) is 71.5 Å². The number of nitrogens with one attached hydrogen (secondary N) is 2. The molecule has 0 bridgehead atoms. The summed E-state index contributed by atoms with van der Waals surface area (Å²) in [6.45, 7) is 8.44. The zero-order valence-electron chi connectivity index (χ0n) is 23.0. The van der Waals surface area contributed by atoms with E-state index in [1.165, 1.54) is 18.3 Å². The van der Waals surface area contributed by atoms with Gasteiger partial charge in [-0.15, -0.1) is 0 Å². The quantitative estimate of drug-likeness (QED) is 0.327. The van der Waals surface area contributed by atoms with E-state index in [0.717, 1.165) is 5.56 Å². The lowest BCUT2D eigenvalue weighted by Crippen LogP contribution is -2.32. The van der Waals surface area contributed by atoms with Gasteiger partial charge in [0.1, 0.15) is 5.60 Å². The van der Waals surface area contributed by atoms with E-state index in [2.05, 4.69) is 20.6 Å². The molecule has 0 unspecified atom stereocenters. The molecule has 0 saturated heterocycles. The largest absolute Gasteiger partial charge is 0.444 e. The van der Waals surface area contributed by atoms with Crippen LogP contribution in [-0.4, -0.2) is 53.6 Å². The van der Waals surface area contributed by atoms with Gasteiger partial charge in [0.05, 0.1) is 28.6 Å².